The number of halogens is 1. The molecule has 28 heavy (non-hydrogen) atoms. The number of amides is 1. The molecule has 0 saturated carbocycles. The van der Waals surface area contributed by atoms with Gasteiger partial charge < -0.3 is 9.47 Å². The average molecular weight is 395 g/mol. The van der Waals surface area contributed by atoms with Gasteiger partial charge in [-0.1, -0.05) is 49.7 Å². The van der Waals surface area contributed by atoms with Gasteiger partial charge in [0.1, 0.15) is 0 Å². The predicted molar refractivity (Wildman–Crippen MR) is 116 cm³/mol. The standard InChI is InChI=1S/C24H27ClN2O/c1-3-14-27(24(28)21-12-10-19(4-2)11-13-21)18-23-9-6-15-26(23)17-20-7-5-8-22(25)16-20/h5-13,15-16H,3-4,14,17-18H2,1-2H3. The summed E-state index contributed by atoms with van der Waals surface area (Å²) in [5.41, 5.74) is 4.26. The lowest BCUT2D eigenvalue weighted by Crippen LogP contribution is -2.32. The van der Waals surface area contributed by atoms with E-state index in [-0.39, 0.29) is 5.91 Å². The lowest BCUT2D eigenvalue weighted by atomic mass is 10.1. The van der Waals surface area contributed by atoms with Crippen molar-refractivity contribution in [2.45, 2.75) is 39.8 Å². The van der Waals surface area contributed by atoms with Crippen LogP contribution in [-0.4, -0.2) is 21.9 Å². The highest BCUT2D eigenvalue weighted by atomic mass is 35.5. The van der Waals surface area contributed by atoms with Gasteiger partial charge in [-0.2, -0.15) is 0 Å². The van der Waals surface area contributed by atoms with Crippen molar-refractivity contribution in [1.29, 1.82) is 0 Å². The highest BCUT2D eigenvalue weighted by Crippen LogP contribution is 2.16. The zero-order valence-corrected chi connectivity index (χ0v) is 17.3. The molecule has 4 heteroatoms. The van der Waals surface area contributed by atoms with Gasteiger partial charge in [0, 0.05) is 35.6 Å². The summed E-state index contributed by atoms with van der Waals surface area (Å²) in [5.74, 6) is 0.0833. The Bertz CT molecular complexity index is 914. The van der Waals surface area contributed by atoms with E-state index >= 15 is 0 Å². The minimum atomic E-state index is 0.0833. The molecule has 0 spiro atoms. The van der Waals surface area contributed by atoms with E-state index in [2.05, 4.69) is 36.7 Å². The fourth-order valence-electron chi connectivity index (χ4n) is 3.36. The van der Waals surface area contributed by atoms with Gasteiger partial charge in [0.05, 0.1) is 6.54 Å². The van der Waals surface area contributed by atoms with Crippen LogP contribution < -0.4 is 0 Å². The third-order valence-electron chi connectivity index (χ3n) is 4.91. The van der Waals surface area contributed by atoms with Crippen LogP contribution in [0.25, 0.3) is 0 Å². The first-order valence-corrected chi connectivity index (χ1v) is 10.2. The Hall–Kier alpha value is -2.52. The minimum Gasteiger partial charge on any atom is -0.345 e. The topological polar surface area (TPSA) is 25.2 Å². The van der Waals surface area contributed by atoms with Crippen LogP contribution in [0.2, 0.25) is 5.02 Å². The molecule has 3 rings (SSSR count). The zero-order valence-electron chi connectivity index (χ0n) is 16.6. The summed E-state index contributed by atoms with van der Waals surface area (Å²) >= 11 is 6.12. The van der Waals surface area contributed by atoms with Crippen LogP contribution in [0.4, 0.5) is 0 Å². The van der Waals surface area contributed by atoms with Crippen LogP contribution in [0.3, 0.4) is 0 Å². The fourth-order valence-corrected chi connectivity index (χ4v) is 3.58. The van der Waals surface area contributed by atoms with E-state index in [1.807, 2.05) is 53.4 Å². The monoisotopic (exact) mass is 394 g/mol. The Morgan fingerprint density at radius 3 is 2.46 bits per heavy atom. The normalized spacial score (nSPS) is 10.8. The van der Waals surface area contributed by atoms with E-state index in [1.165, 1.54) is 5.56 Å². The summed E-state index contributed by atoms with van der Waals surface area (Å²) in [7, 11) is 0. The van der Waals surface area contributed by atoms with Gasteiger partial charge in [-0.25, -0.2) is 0 Å². The third-order valence-corrected chi connectivity index (χ3v) is 5.14. The quantitative estimate of drug-likeness (QED) is 0.473. The van der Waals surface area contributed by atoms with Crippen molar-refractivity contribution in [2.75, 3.05) is 6.54 Å². The number of aromatic nitrogens is 1. The van der Waals surface area contributed by atoms with Crippen LogP contribution in [0.5, 0.6) is 0 Å². The SMILES string of the molecule is CCCN(Cc1cccn1Cc1cccc(Cl)c1)C(=O)c1ccc(CC)cc1. The Morgan fingerprint density at radius 1 is 1.00 bits per heavy atom. The molecule has 1 amide bonds. The Kier molecular flexibility index (Phi) is 6.94. The number of benzene rings is 2. The van der Waals surface area contributed by atoms with E-state index in [1.54, 1.807) is 0 Å². The first kappa shape index (κ1) is 20.2. The molecule has 3 nitrogen and oxygen atoms in total. The summed E-state index contributed by atoms with van der Waals surface area (Å²) < 4.78 is 2.18. The summed E-state index contributed by atoms with van der Waals surface area (Å²) in [6.45, 7) is 6.29. The molecule has 0 fully saturated rings. The van der Waals surface area contributed by atoms with Crippen molar-refractivity contribution in [2.24, 2.45) is 0 Å². The van der Waals surface area contributed by atoms with Crippen LogP contribution in [0.1, 0.15) is 47.4 Å². The van der Waals surface area contributed by atoms with E-state index in [9.17, 15) is 4.79 Å². The van der Waals surface area contributed by atoms with Crippen molar-refractivity contribution in [3.05, 3.63) is 94.3 Å². The highest BCUT2D eigenvalue weighted by Gasteiger charge is 2.17. The Morgan fingerprint density at radius 2 is 1.79 bits per heavy atom. The second kappa shape index (κ2) is 9.61. The fraction of sp³-hybridized carbons (Fsp3) is 0.292. The molecule has 0 aliphatic carbocycles. The summed E-state index contributed by atoms with van der Waals surface area (Å²) in [6.07, 6.45) is 3.96. The average Bonchev–Trinajstić information content (AvgIpc) is 3.14. The molecular weight excluding hydrogens is 368 g/mol. The second-order valence-corrected chi connectivity index (χ2v) is 7.47. The molecule has 0 radical (unpaired) electrons. The van der Waals surface area contributed by atoms with Gasteiger partial charge in [0.2, 0.25) is 0 Å². The number of nitrogens with zero attached hydrogens (tertiary/aromatic N) is 2. The summed E-state index contributed by atoms with van der Waals surface area (Å²) in [4.78, 5) is 15.0. The van der Waals surface area contributed by atoms with Gasteiger partial charge in [-0.3, -0.25) is 4.79 Å². The number of rotatable bonds is 8. The van der Waals surface area contributed by atoms with Gasteiger partial charge in [-0.15, -0.1) is 0 Å². The van der Waals surface area contributed by atoms with Crippen LogP contribution >= 0.6 is 11.6 Å². The van der Waals surface area contributed by atoms with E-state index in [0.29, 0.717) is 6.54 Å². The number of carbonyl (C=O) groups is 1. The molecule has 1 aromatic heterocycles. The van der Waals surface area contributed by atoms with Gasteiger partial charge in [0.25, 0.3) is 5.91 Å². The molecule has 0 saturated heterocycles. The highest BCUT2D eigenvalue weighted by molar-refractivity contribution is 6.30. The summed E-state index contributed by atoms with van der Waals surface area (Å²) in [6, 6.07) is 20.0. The van der Waals surface area contributed by atoms with Crippen LogP contribution in [0, 0.1) is 0 Å². The summed E-state index contributed by atoms with van der Waals surface area (Å²) in [5, 5.41) is 0.740. The number of hydrogen-bond donors (Lipinski definition) is 0. The molecule has 1 heterocycles. The van der Waals surface area contributed by atoms with Crippen molar-refractivity contribution < 1.29 is 4.79 Å². The molecule has 0 atom stereocenters. The van der Waals surface area contributed by atoms with Crippen LogP contribution in [0.15, 0.2) is 66.9 Å². The first-order valence-electron chi connectivity index (χ1n) is 9.87. The number of hydrogen-bond acceptors (Lipinski definition) is 1. The van der Waals surface area contributed by atoms with Crippen molar-refractivity contribution >= 4 is 17.5 Å². The molecule has 0 N–H and O–H groups in total. The van der Waals surface area contributed by atoms with Gasteiger partial charge in [-0.05, 0) is 60.4 Å². The van der Waals surface area contributed by atoms with E-state index < -0.39 is 0 Å². The molecule has 3 aromatic rings. The molecule has 0 unspecified atom stereocenters. The maximum absolute atomic E-state index is 13.1. The minimum absolute atomic E-state index is 0.0833. The Balaban J connectivity index is 1.77. The number of aryl methyl sites for hydroxylation is 1. The lowest BCUT2D eigenvalue weighted by molar-refractivity contribution is 0.0739. The van der Waals surface area contributed by atoms with Crippen molar-refractivity contribution in [3.63, 3.8) is 0 Å². The van der Waals surface area contributed by atoms with E-state index in [0.717, 1.165) is 47.8 Å². The van der Waals surface area contributed by atoms with Crippen LogP contribution in [-0.2, 0) is 19.5 Å². The maximum Gasteiger partial charge on any atom is 0.254 e. The molecular formula is C24H27ClN2O. The van der Waals surface area contributed by atoms with E-state index in [4.69, 9.17) is 11.6 Å². The third kappa shape index (κ3) is 5.05. The largest absolute Gasteiger partial charge is 0.345 e. The van der Waals surface area contributed by atoms with Gasteiger partial charge in [0.15, 0.2) is 0 Å². The van der Waals surface area contributed by atoms with Crippen molar-refractivity contribution in [3.8, 4) is 0 Å². The molecule has 2 aromatic carbocycles. The first-order chi connectivity index (χ1) is 13.6. The Labute approximate surface area is 172 Å². The zero-order chi connectivity index (χ0) is 19.9. The van der Waals surface area contributed by atoms with Gasteiger partial charge >= 0.3 is 0 Å². The molecule has 0 bridgehead atoms. The smallest absolute Gasteiger partial charge is 0.254 e. The second-order valence-electron chi connectivity index (χ2n) is 7.03. The molecule has 0 aliphatic rings. The number of carbonyl (C=O) groups excluding carboxylic acids is 1. The van der Waals surface area contributed by atoms with Crippen molar-refractivity contribution in [1.82, 2.24) is 9.47 Å². The predicted octanol–water partition coefficient (Wildman–Crippen LogP) is 5.80. The lowest BCUT2D eigenvalue weighted by Gasteiger charge is -2.23. The molecule has 146 valence electrons. The molecule has 0 aliphatic heterocycles. The maximum atomic E-state index is 13.1.